The number of ether oxygens (including phenoxy) is 1. The second-order valence-electron chi connectivity index (χ2n) is 4.71. The van der Waals surface area contributed by atoms with Gasteiger partial charge in [-0.1, -0.05) is 0 Å². The minimum absolute atomic E-state index is 0.0712. The van der Waals surface area contributed by atoms with Gasteiger partial charge in [-0.05, 0) is 42.5 Å². The molecule has 1 aromatic heterocycles. The van der Waals surface area contributed by atoms with Crippen molar-refractivity contribution < 1.29 is 26.7 Å². The fourth-order valence-electron chi connectivity index (χ4n) is 2.07. The van der Waals surface area contributed by atoms with Crippen LogP contribution in [0.5, 0.6) is 5.75 Å². The Kier molecular flexibility index (Phi) is 3.52. The van der Waals surface area contributed by atoms with Gasteiger partial charge in [-0.2, -0.15) is 13.2 Å². The van der Waals surface area contributed by atoms with Crippen LogP contribution in [-0.2, 0) is 12.8 Å². The molecule has 1 heterocycles. The fourth-order valence-corrected chi connectivity index (χ4v) is 2.07. The number of hydrogen-bond acceptors (Lipinski definition) is 2. The van der Waals surface area contributed by atoms with Gasteiger partial charge in [-0.3, -0.25) is 0 Å². The molecule has 0 N–H and O–H groups in total. The summed E-state index contributed by atoms with van der Waals surface area (Å²) in [4.78, 5) is 0. The van der Waals surface area contributed by atoms with Gasteiger partial charge in [-0.15, -0.1) is 0 Å². The maximum atomic E-state index is 13.2. The van der Waals surface area contributed by atoms with E-state index < -0.39 is 17.6 Å². The summed E-state index contributed by atoms with van der Waals surface area (Å²) >= 11 is 0. The lowest BCUT2D eigenvalue weighted by atomic mass is 10.2. The molecular weight excluding hydrogens is 300 g/mol. The van der Waals surface area contributed by atoms with Gasteiger partial charge in [0.05, 0.1) is 11.8 Å². The second kappa shape index (κ2) is 5.36. The summed E-state index contributed by atoms with van der Waals surface area (Å²) in [6.07, 6.45) is -2.94. The van der Waals surface area contributed by atoms with E-state index >= 15 is 0 Å². The SMILES string of the molecule is Fc1ccc2occ(COc3ccc(C(F)(F)F)cc3)c2c1. The summed E-state index contributed by atoms with van der Waals surface area (Å²) in [6.45, 7) is 0.0712. The molecule has 3 rings (SSSR count). The molecular formula is C16H10F4O2. The summed E-state index contributed by atoms with van der Waals surface area (Å²) in [5.74, 6) is -0.108. The third-order valence-electron chi connectivity index (χ3n) is 3.19. The van der Waals surface area contributed by atoms with Crippen LogP contribution in [0, 0.1) is 5.82 Å². The van der Waals surface area contributed by atoms with Crippen molar-refractivity contribution in [3.63, 3.8) is 0 Å². The third kappa shape index (κ3) is 2.90. The average molecular weight is 310 g/mol. The van der Waals surface area contributed by atoms with Crippen LogP contribution in [0.15, 0.2) is 53.1 Å². The van der Waals surface area contributed by atoms with Crippen molar-refractivity contribution in [1.29, 1.82) is 0 Å². The zero-order chi connectivity index (χ0) is 15.7. The Labute approximate surface area is 122 Å². The Morgan fingerprint density at radius 1 is 1.00 bits per heavy atom. The van der Waals surface area contributed by atoms with E-state index in [-0.39, 0.29) is 6.61 Å². The first-order valence-corrected chi connectivity index (χ1v) is 6.39. The first-order valence-electron chi connectivity index (χ1n) is 6.39. The molecule has 2 nitrogen and oxygen atoms in total. The van der Waals surface area contributed by atoms with Gasteiger partial charge in [0.15, 0.2) is 0 Å². The predicted molar refractivity (Wildman–Crippen MR) is 71.9 cm³/mol. The van der Waals surface area contributed by atoms with E-state index in [1.807, 2.05) is 0 Å². The van der Waals surface area contributed by atoms with Crippen molar-refractivity contribution >= 4 is 11.0 Å². The van der Waals surface area contributed by atoms with E-state index in [9.17, 15) is 17.6 Å². The molecule has 0 fully saturated rings. The molecule has 0 aliphatic heterocycles. The predicted octanol–water partition coefficient (Wildman–Crippen LogP) is 5.17. The van der Waals surface area contributed by atoms with Crippen molar-refractivity contribution in [2.75, 3.05) is 0 Å². The van der Waals surface area contributed by atoms with Crippen molar-refractivity contribution in [2.45, 2.75) is 12.8 Å². The number of benzene rings is 2. The monoisotopic (exact) mass is 310 g/mol. The van der Waals surface area contributed by atoms with E-state index in [0.717, 1.165) is 12.1 Å². The quantitative estimate of drug-likeness (QED) is 0.623. The van der Waals surface area contributed by atoms with Crippen molar-refractivity contribution in [2.24, 2.45) is 0 Å². The largest absolute Gasteiger partial charge is 0.489 e. The van der Waals surface area contributed by atoms with Crippen molar-refractivity contribution in [1.82, 2.24) is 0 Å². The molecule has 0 saturated carbocycles. The van der Waals surface area contributed by atoms with Crippen LogP contribution in [0.3, 0.4) is 0 Å². The topological polar surface area (TPSA) is 22.4 Å². The molecule has 0 bridgehead atoms. The molecule has 0 saturated heterocycles. The number of rotatable bonds is 3. The van der Waals surface area contributed by atoms with Crippen molar-refractivity contribution in [3.05, 3.63) is 65.7 Å². The number of furan rings is 1. The molecule has 0 aliphatic rings. The second-order valence-corrected chi connectivity index (χ2v) is 4.71. The standard InChI is InChI=1S/C16H10F4O2/c17-12-3-6-15-14(7-12)10(9-22-15)8-21-13-4-1-11(2-5-13)16(18,19)20/h1-7,9H,8H2. The lowest BCUT2D eigenvalue weighted by Crippen LogP contribution is -2.04. The van der Waals surface area contributed by atoms with Crippen LogP contribution in [-0.4, -0.2) is 0 Å². The summed E-state index contributed by atoms with van der Waals surface area (Å²) in [5, 5.41) is 0.576. The number of hydrogen-bond donors (Lipinski definition) is 0. The Morgan fingerprint density at radius 2 is 1.73 bits per heavy atom. The number of alkyl halides is 3. The molecule has 0 amide bonds. The third-order valence-corrected chi connectivity index (χ3v) is 3.19. The fraction of sp³-hybridized carbons (Fsp3) is 0.125. The Morgan fingerprint density at radius 3 is 2.41 bits per heavy atom. The van der Waals surface area contributed by atoms with Gasteiger partial charge in [0, 0.05) is 10.9 Å². The normalized spacial score (nSPS) is 11.8. The molecule has 114 valence electrons. The van der Waals surface area contributed by atoms with E-state index in [2.05, 4.69) is 0 Å². The van der Waals surface area contributed by atoms with Crippen LogP contribution < -0.4 is 4.74 Å². The lowest BCUT2D eigenvalue weighted by molar-refractivity contribution is -0.137. The zero-order valence-electron chi connectivity index (χ0n) is 11.2. The van der Waals surface area contributed by atoms with Crippen LogP contribution in [0.2, 0.25) is 0 Å². The van der Waals surface area contributed by atoms with Crippen LogP contribution >= 0.6 is 0 Å². The maximum Gasteiger partial charge on any atom is 0.416 e. The molecule has 0 spiro atoms. The molecule has 22 heavy (non-hydrogen) atoms. The molecule has 3 aromatic rings. The minimum Gasteiger partial charge on any atom is -0.489 e. The van der Waals surface area contributed by atoms with E-state index in [0.29, 0.717) is 22.3 Å². The van der Waals surface area contributed by atoms with Crippen molar-refractivity contribution in [3.8, 4) is 5.75 Å². The highest BCUT2D eigenvalue weighted by Gasteiger charge is 2.30. The van der Waals surface area contributed by atoms with Gasteiger partial charge >= 0.3 is 6.18 Å². The smallest absolute Gasteiger partial charge is 0.416 e. The van der Waals surface area contributed by atoms with Gasteiger partial charge in [0.25, 0.3) is 0 Å². The molecule has 0 unspecified atom stereocenters. The minimum atomic E-state index is -4.38. The summed E-state index contributed by atoms with van der Waals surface area (Å²) in [7, 11) is 0. The highest BCUT2D eigenvalue weighted by molar-refractivity contribution is 5.80. The first-order chi connectivity index (χ1) is 10.4. The first kappa shape index (κ1) is 14.4. The number of fused-ring (bicyclic) bond motifs is 1. The Balaban J connectivity index is 1.75. The van der Waals surface area contributed by atoms with E-state index in [1.165, 1.54) is 36.6 Å². The van der Waals surface area contributed by atoms with Gasteiger partial charge < -0.3 is 9.15 Å². The van der Waals surface area contributed by atoms with Gasteiger partial charge in [0.1, 0.15) is 23.8 Å². The van der Waals surface area contributed by atoms with Crippen LogP contribution in [0.25, 0.3) is 11.0 Å². The summed E-state index contributed by atoms with van der Waals surface area (Å²) in [6, 6.07) is 8.49. The lowest BCUT2D eigenvalue weighted by Gasteiger charge is -2.08. The maximum absolute atomic E-state index is 13.2. The van der Waals surface area contributed by atoms with E-state index in [1.54, 1.807) is 0 Å². The molecule has 6 heteroatoms. The summed E-state index contributed by atoms with van der Waals surface area (Å²) in [5.41, 5.74) is 0.400. The average Bonchev–Trinajstić information content (AvgIpc) is 2.87. The van der Waals surface area contributed by atoms with E-state index in [4.69, 9.17) is 9.15 Å². The van der Waals surface area contributed by atoms with Gasteiger partial charge in [-0.25, -0.2) is 4.39 Å². The highest BCUT2D eigenvalue weighted by atomic mass is 19.4. The Hall–Kier alpha value is -2.50. The molecule has 0 radical (unpaired) electrons. The number of halogens is 4. The molecule has 2 aromatic carbocycles. The molecule has 0 atom stereocenters. The summed E-state index contributed by atoms with van der Waals surface area (Å²) < 4.78 is 61.3. The molecule has 0 aliphatic carbocycles. The van der Waals surface area contributed by atoms with Crippen LogP contribution in [0.1, 0.15) is 11.1 Å². The highest BCUT2D eigenvalue weighted by Crippen LogP contribution is 2.30. The Bertz CT molecular complexity index is 788. The van der Waals surface area contributed by atoms with Crippen LogP contribution in [0.4, 0.5) is 17.6 Å². The zero-order valence-corrected chi connectivity index (χ0v) is 11.2. The van der Waals surface area contributed by atoms with Gasteiger partial charge in [0.2, 0.25) is 0 Å².